The van der Waals surface area contributed by atoms with Gasteiger partial charge in [-0.3, -0.25) is 9.59 Å². The van der Waals surface area contributed by atoms with Gasteiger partial charge in [0.25, 0.3) is 5.91 Å². The van der Waals surface area contributed by atoms with Crippen LogP contribution in [-0.4, -0.2) is 43.4 Å². The van der Waals surface area contributed by atoms with E-state index in [4.69, 9.17) is 5.73 Å². The highest BCUT2D eigenvalue weighted by Crippen LogP contribution is 2.06. The lowest BCUT2D eigenvalue weighted by molar-refractivity contribution is -0.121. The molecule has 1 aromatic carbocycles. The average molecular weight is 273 g/mol. The van der Waals surface area contributed by atoms with Crippen LogP contribution < -0.4 is 11.1 Å². The van der Waals surface area contributed by atoms with Gasteiger partial charge in [-0.05, 0) is 31.2 Å². The Morgan fingerprint density at radius 1 is 1.30 bits per heavy atom. The molecule has 20 heavy (non-hydrogen) atoms. The Balaban J connectivity index is 2.69. The van der Waals surface area contributed by atoms with Crippen molar-refractivity contribution in [1.82, 2.24) is 10.2 Å². The maximum absolute atomic E-state index is 12.1. The molecule has 0 aromatic heterocycles. The van der Waals surface area contributed by atoms with Gasteiger partial charge in [0.05, 0.1) is 13.1 Å². The maximum Gasteiger partial charge on any atom is 0.254 e. The zero-order valence-electron chi connectivity index (χ0n) is 11.8. The Morgan fingerprint density at radius 2 is 1.95 bits per heavy atom. The van der Waals surface area contributed by atoms with Gasteiger partial charge >= 0.3 is 0 Å². The Kier molecular flexibility index (Phi) is 6.27. The number of nitrogens with zero attached hydrogens (tertiary/aromatic N) is 1. The minimum absolute atomic E-state index is 0.0431. The van der Waals surface area contributed by atoms with Crippen LogP contribution in [0.2, 0.25) is 0 Å². The summed E-state index contributed by atoms with van der Waals surface area (Å²) in [4.78, 5) is 24.9. The van der Waals surface area contributed by atoms with Gasteiger partial charge in [-0.15, -0.1) is 0 Å². The second-order valence-electron chi connectivity index (χ2n) is 4.20. The summed E-state index contributed by atoms with van der Waals surface area (Å²) in [6, 6.07) is 6.90. The number of nitrogens with one attached hydrogen (secondary N) is 1. The molecule has 5 nitrogen and oxygen atoms in total. The fourth-order valence-corrected chi connectivity index (χ4v) is 1.61. The standard InChI is InChI=1S/C15H19N3O2/c1-3-17-14(19)11-18(2)15(20)13-8-6-12(7-9-13)5-4-10-16/h6-9H,3,10-11,16H2,1-2H3,(H,17,19). The third-order valence-electron chi connectivity index (χ3n) is 2.57. The molecule has 2 amide bonds. The number of benzene rings is 1. The number of carbonyl (C=O) groups is 2. The zero-order chi connectivity index (χ0) is 15.0. The van der Waals surface area contributed by atoms with Crippen molar-refractivity contribution in [1.29, 1.82) is 0 Å². The van der Waals surface area contributed by atoms with E-state index < -0.39 is 0 Å². The largest absolute Gasteiger partial charge is 0.355 e. The van der Waals surface area contributed by atoms with Gasteiger partial charge in [0.1, 0.15) is 0 Å². The van der Waals surface area contributed by atoms with Crippen molar-refractivity contribution in [2.45, 2.75) is 6.92 Å². The maximum atomic E-state index is 12.1. The molecule has 3 N–H and O–H groups in total. The van der Waals surface area contributed by atoms with Crippen LogP contribution in [0.3, 0.4) is 0 Å². The highest BCUT2D eigenvalue weighted by molar-refractivity contribution is 5.96. The van der Waals surface area contributed by atoms with Crippen LogP contribution in [0.25, 0.3) is 0 Å². The molecular formula is C15H19N3O2. The number of rotatable bonds is 4. The molecule has 0 saturated heterocycles. The fourth-order valence-electron chi connectivity index (χ4n) is 1.61. The SMILES string of the molecule is CCNC(=O)CN(C)C(=O)c1ccc(C#CCN)cc1. The molecule has 0 aliphatic heterocycles. The molecule has 106 valence electrons. The normalized spacial score (nSPS) is 9.35. The molecule has 0 atom stereocenters. The molecule has 0 heterocycles. The Bertz CT molecular complexity index is 526. The van der Waals surface area contributed by atoms with E-state index in [9.17, 15) is 9.59 Å². The summed E-state index contributed by atoms with van der Waals surface area (Å²) in [5, 5.41) is 2.65. The lowest BCUT2D eigenvalue weighted by Crippen LogP contribution is -2.38. The molecule has 0 aliphatic rings. The molecule has 0 saturated carbocycles. The van der Waals surface area contributed by atoms with Crippen molar-refractivity contribution in [3.8, 4) is 11.8 Å². The molecule has 0 spiro atoms. The van der Waals surface area contributed by atoms with E-state index in [1.54, 1.807) is 31.3 Å². The van der Waals surface area contributed by atoms with Crippen LogP contribution in [0.5, 0.6) is 0 Å². The zero-order valence-corrected chi connectivity index (χ0v) is 11.8. The monoisotopic (exact) mass is 273 g/mol. The average Bonchev–Trinajstić information content (AvgIpc) is 2.45. The third-order valence-corrected chi connectivity index (χ3v) is 2.57. The predicted molar refractivity (Wildman–Crippen MR) is 78.0 cm³/mol. The molecule has 0 radical (unpaired) electrons. The van der Waals surface area contributed by atoms with E-state index in [0.29, 0.717) is 18.7 Å². The highest BCUT2D eigenvalue weighted by Gasteiger charge is 2.14. The van der Waals surface area contributed by atoms with Crippen molar-refractivity contribution in [3.63, 3.8) is 0 Å². The third kappa shape index (κ3) is 4.75. The number of likely N-dealkylation sites (N-methyl/N-ethyl adjacent to an activating group) is 2. The van der Waals surface area contributed by atoms with Crippen LogP contribution in [0.1, 0.15) is 22.8 Å². The molecule has 0 fully saturated rings. The summed E-state index contributed by atoms with van der Waals surface area (Å²) in [5.74, 6) is 5.26. The van der Waals surface area contributed by atoms with Gasteiger partial charge in [-0.25, -0.2) is 0 Å². The first-order valence-corrected chi connectivity index (χ1v) is 6.39. The van der Waals surface area contributed by atoms with Gasteiger partial charge in [0.2, 0.25) is 5.91 Å². The van der Waals surface area contributed by atoms with E-state index >= 15 is 0 Å². The Hall–Kier alpha value is -2.32. The van der Waals surface area contributed by atoms with Gasteiger partial charge in [-0.2, -0.15) is 0 Å². The van der Waals surface area contributed by atoms with Crippen LogP contribution >= 0.6 is 0 Å². The smallest absolute Gasteiger partial charge is 0.254 e. The minimum atomic E-state index is -0.199. The molecule has 1 aromatic rings. The summed E-state index contributed by atoms with van der Waals surface area (Å²) < 4.78 is 0. The first-order valence-electron chi connectivity index (χ1n) is 6.39. The molecule has 5 heteroatoms. The highest BCUT2D eigenvalue weighted by atomic mass is 16.2. The second-order valence-corrected chi connectivity index (χ2v) is 4.20. The van der Waals surface area contributed by atoms with E-state index in [-0.39, 0.29) is 18.4 Å². The van der Waals surface area contributed by atoms with Crippen molar-refractivity contribution in [2.24, 2.45) is 5.73 Å². The number of hydrogen-bond acceptors (Lipinski definition) is 3. The van der Waals surface area contributed by atoms with Gasteiger partial charge in [0, 0.05) is 24.7 Å². The fraction of sp³-hybridized carbons (Fsp3) is 0.333. The van der Waals surface area contributed by atoms with Crippen LogP contribution in [0.15, 0.2) is 24.3 Å². The summed E-state index contributed by atoms with van der Waals surface area (Å²) in [6.45, 7) is 2.73. The molecule has 1 rings (SSSR count). The molecule has 0 aliphatic carbocycles. The summed E-state index contributed by atoms with van der Waals surface area (Å²) >= 11 is 0. The van der Waals surface area contributed by atoms with Crippen LogP contribution in [0.4, 0.5) is 0 Å². The van der Waals surface area contributed by atoms with Crippen molar-refractivity contribution in [2.75, 3.05) is 26.7 Å². The predicted octanol–water partition coefficient (Wildman–Crippen LogP) is 0.205. The summed E-state index contributed by atoms with van der Waals surface area (Å²) in [7, 11) is 1.60. The Morgan fingerprint density at radius 3 is 2.50 bits per heavy atom. The summed E-state index contributed by atoms with van der Waals surface area (Å²) in [5.41, 5.74) is 6.62. The Labute approximate surface area is 119 Å². The van der Waals surface area contributed by atoms with E-state index in [1.165, 1.54) is 4.90 Å². The number of carbonyl (C=O) groups excluding carboxylic acids is 2. The van der Waals surface area contributed by atoms with E-state index in [1.807, 2.05) is 6.92 Å². The quantitative estimate of drug-likeness (QED) is 0.770. The minimum Gasteiger partial charge on any atom is -0.355 e. The number of hydrogen-bond donors (Lipinski definition) is 2. The molecular weight excluding hydrogens is 254 g/mol. The topological polar surface area (TPSA) is 75.4 Å². The molecule has 0 unspecified atom stereocenters. The van der Waals surface area contributed by atoms with Gasteiger partial charge in [-0.1, -0.05) is 11.8 Å². The van der Waals surface area contributed by atoms with Crippen LogP contribution in [0, 0.1) is 11.8 Å². The second kappa shape index (κ2) is 7.97. The van der Waals surface area contributed by atoms with Crippen molar-refractivity contribution < 1.29 is 9.59 Å². The van der Waals surface area contributed by atoms with E-state index in [2.05, 4.69) is 17.2 Å². The van der Waals surface area contributed by atoms with Gasteiger partial charge in [0.15, 0.2) is 0 Å². The lowest BCUT2D eigenvalue weighted by Gasteiger charge is -2.16. The van der Waals surface area contributed by atoms with E-state index in [0.717, 1.165) is 5.56 Å². The number of nitrogens with two attached hydrogens (primary N) is 1. The van der Waals surface area contributed by atoms with Crippen molar-refractivity contribution in [3.05, 3.63) is 35.4 Å². The van der Waals surface area contributed by atoms with Crippen LogP contribution in [-0.2, 0) is 4.79 Å². The number of amides is 2. The van der Waals surface area contributed by atoms with Gasteiger partial charge < -0.3 is 16.0 Å². The summed E-state index contributed by atoms with van der Waals surface area (Å²) in [6.07, 6.45) is 0. The van der Waals surface area contributed by atoms with Crippen molar-refractivity contribution >= 4 is 11.8 Å². The lowest BCUT2D eigenvalue weighted by atomic mass is 10.1. The first kappa shape index (κ1) is 15.7. The molecule has 0 bridgehead atoms. The first-order chi connectivity index (χ1) is 9.58.